The van der Waals surface area contributed by atoms with E-state index in [2.05, 4.69) is 5.32 Å². The molecule has 0 saturated carbocycles. The summed E-state index contributed by atoms with van der Waals surface area (Å²) in [5, 5.41) is 3.08. The number of esters is 1. The summed E-state index contributed by atoms with van der Waals surface area (Å²) in [6.07, 6.45) is 3.19. The lowest BCUT2D eigenvalue weighted by atomic mass is 10.1. The Morgan fingerprint density at radius 1 is 1.38 bits per heavy atom. The van der Waals surface area contributed by atoms with Gasteiger partial charge in [-0.15, -0.1) is 0 Å². The van der Waals surface area contributed by atoms with Crippen LogP contribution in [0.15, 0.2) is 30.3 Å². The Kier molecular flexibility index (Phi) is 5.29. The molecule has 0 radical (unpaired) electrons. The van der Waals surface area contributed by atoms with E-state index in [-0.39, 0.29) is 5.97 Å². The van der Waals surface area contributed by atoms with Gasteiger partial charge in [-0.05, 0) is 31.2 Å². The lowest BCUT2D eigenvalue weighted by molar-refractivity contribution is -0.137. The number of rotatable bonds is 5. The van der Waals surface area contributed by atoms with Crippen molar-refractivity contribution in [1.82, 2.24) is 5.32 Å². The Morgan fingerprint density at radius 3 is 2.62 bits per heavy atom. The van der Waals surface area contributed by atoms with E-state index in [0.717, 1.165) is 12.1 Å². The molecule has 3 heteroatoms. The summed E-state index contributed by atoms with van der Waals surface area (Å²) in [7, 11) is 1.91. The van der Waals surface area contributed by atoms with Crippen molar-refractivity contribution in [2.45, 2.75) is 13.5 Å². The highest BCUT2D eigenvalue weighted by Gasteiger charge is 1.94. The third-order valence-electron chi connectivity index (χ3n) is 2.06. The smallest absolute Gasteiger partial charge is 0.330 e. The second-order valence-corrected chi connectivity index (χ2v) is 3.36. The zero-order chi connectivity index (χ0) is 11.8. The zero-order valence-electron chi connectivity index (χ0n) is 9.69. The number of carbonyl (C=O) groups is 1. The van der Waals surface area contributed by atoms with E-state index in [4.69, 9.17) is 4.74 Å². The van der Waals surface area contributed by atoms with Gasteiger partial charge < -0.3 is 10.1 Å². The molecule has 0 fully saturated rings. The second-order valence-electron chi connectivity index (χ2n) is 3.36. The maximum absolute atomic E-state index is 11.1. The Bertz CT molecular complexity index is 355. The molecule has 0 heterocycles. The van der Waals surface area contributed by atoms with Gasteiger partial charge in [-0.2, -0.15) is 0 Å². The minimum Gasteiger partial charge on any atom is -0.463 e. The van der Waals surface area contributed by atoms with Crippen molar-refractivity contribution in [2.24, 2.45) is 0 Å². The van der Waals surface area contributed by atoms with Gasteiger partial charge >= 0.3 is 5.97 Å². The average molecular weight is 219 g/mol. The van der Waals surface area contributed by atoms with Gasteiger partial charge in [-0.25, -0.2) is 4.79 Å². The monoisotopic (exact) mass is 219 g/mol. The molecule has 0 bridgehead atoms. The molecule has 0 aliphatic rings. The normalized spacial score (nSPS) is 10.6. The van der Waals surface area contributed by atoms with Crippen molar-refractivity contribution in [2.75, 3.05) is 13.7 Å². The molecule has 1 aromatic carbocycles. The number of hydrogen-bond acceptors (Lipinski definition) is 3. The molecule has 0 aromatic heterocycles. The first-order valence-electron chi connectivity index (χ1n) is 5.34. The van der Waals surface area contributed by atoms with Crippen LogP contribution in [0.4, 0.5) is 0 Å². The average Bonchev–Trinajstić information content (AvgIpc) is 2.29. The molecule has 86 valence electrons. The van der Waals surface area contributed by atoms with E-state index >= 15 is 0 Å². The highest BCUT2D eigenvalue weighted by Crippen LogP contribution is 2.06. The molecule has 0 aliphatic carbocycles. The van der Waals surface area contributed by atoms with Gasteiger partial charge in [-0.3, -0.25) is 0 Å². The number of nitrogens with one attached hydrogen (secondary N) is 1. The molecule has 0 atom stereocenters. The number of hydrogen-bond donors (Lipinski definition) is 1. The molecule has 0 unspecified atom stereocenters. The molecule has 0 spiro atoms. The van der Waals surface area contributed by atoms with Crippen molar-refractivity contribution in [3.05, 3.63) is 41.5 Å². The van der Waals surface area contributed by atoms with Gasteiger partial charge in [0.05, 0.1) is 6.61 Å². The third kappa shape index (κ3) is 4.28. The first kappa shape index (κ1) is 12.5. The topological polar surface area (TPSA) is 38.3 Å². The lowest BCUT2D eigenvalue weighted by Gasteiger charge is -2.00. The summed E-state index contributed by atoms with van der Waals surface area (Å²) < 4.78 is 4.79. The number of benzene rings is 1. The molecule has 1 aromatic rings. The molecule has 1 N–H and O–H groups in total. The minimum atomic E-state index is -0.304. The molecule has 0 aliphatic heterocycles. The molecule has 0 saturated heterocycles. The molecule has 16 heavy (non-hydrogen) atoms. The SMILES string of the molecule is CCOC(=O)C=Cc1ccc(CNC)cc1. The van der Waals surface area contributed by atoms with Crippen LogP contribution in [-0.4, -0.2) is 19.6 Å². The highest BCUT2D eigenvalue weighted by molar-refractivity contribution is 5.86. The van der Waals surface area contributed by atoms with Crippen molar-refractivity contribution < 1.29 is 9.53 Å². The van der Waals surface area contributed by atoms with Crippen LogP contribution in [0.25, 0.3) is 6.08 Å². The first-order valence-corrected chi connectivity index (χ1v) is 5.34. The fourth-order valence-corrected chi connectivity index (χ4v) is 1.31. The third-order valence-corrected chi connectivity index (χ3v) is 2.06. The van der Waals surface area contributed by atoms with Gasteiger partial charge in [0, 0.05) is 12.6 Å². The van der Waals surface area contributed by atoms with E-state index < -0.39 is 0 Å². The van der Waals surface area contributed by atoms with E-state index in [0.29, 0.717) is 6.61 Å². The van der Waals surface area contributed by atoms with Crippen LogP contribution in [-0.2, 0) is 16.1 Å². The quantitative estimate of drug-likeness (QED) is 0.608. The summed E-state index contributed by atoms with van der Waals surface area (Å²) in [4.78, 5) is 11.1. The standard InChI is InChI=1S/C13H17NO2/c1-3-16-13(15)9-8-11-4-6-12(7-5-11)10-14-2/h4-9,14H,3,10H2,1-2H3. The van der Waals surface area contributed by atoms with E-state index in [1.807, 2.05) is 31.3 Å². The van der Waals surface area contributed by atoms with Gasteiger partial charge in [0.2, 0.25) is 0 Å². The Hall–Kier alpha value is -1.61. The summed E-state index contributed by atoms with van der Waals surface area (Å²) in [5.74, 6) is -0.304. The molecule has 3 nitrogen and oxygen atoms in total. The summed E-state index contributed by atoms with van der Waals surface area (Å²) in [6, 6.07) is 8.01. The van der Waals surface area contributed by atoms with Crippen LogP contribution < -0.4 is 5.32 Å². The number of ether oxygens (including phenoxy) is 1. The fraction of sp³-hybridized carbons (Fsp3) is 0.308. The van der Waals surface area contributed by atoms with Crippen LogP contribution >= 0.6 is 0 Å². The van der Waals surface area contributed by atoms with E-state index in [1.54, 1.807) is 13.0 Å². The Balaban J connectivity index is 2.57. The fourth-order valence-electron chi connectivity index (χ4n) is 1.31. The molecular weight excluding hydrogens is 202 g/mol. The highest BCUT2D eigenvalue weighted by atomic mass is 16.5. The molecule has 0 amide bonds. The van der Waals surface area contributed by atoms with Gasteiger partial charge in [0.1, 0.15) is 0 Å². The molecule has 1 rings (SSSR count). The predicted octanol–water partition coefficient (Wildman–Crippen LogP) is 1.98. The van der Waals surface area contributed by atoms with Crippen molar-refractivity contribution in [1.29, 1.82) is 0 Å². The molecular formula is C13H17NO2. The second kappa shape index (κ2) is 6.80. The largest absolute Gasteiger partial charge is 0.463 e. The Labute approximate surface area is 96.1 Å². The predicted molar refractivity (Wildman–Crippen MR) is 64.9 cm³/mol. The number of carbonyl (C=O) groups excluding carboxylic acids is 1. The maximum Gasteiger partial charge on any atom is 0.330 e. The zero-order valence-corrected chi connectivity index (χ0v) is 9.69. The van der Waals surface area contributed by atoms with E-state index in [9.17, 15) is 4.79 Å². The van der Waals surface area contributed by atoms with Crippen LogP contribution in [0.5, 0.6) is 0 Å². The lowest BCUT2D eigenvalue weighted by Crippen LogP contribution is -2.04. The van der Waals surface area contributed by atoms with Crippen molar-refractivity contribution in [3.63, 3.8) is 0 Å². The minimum absolute atomic E-state index is 0.304. The van der Waals surface area contributed by atoms with Crippen LogP contribution in [0.3, 0.4) is 0 Å². The van der Waals surface area contributed by atoms with Crippen molar-refractivity contribution in [3.8, 4) is 0 Å². The maximum atomic E-state index is 11.1. The van der Waals surface area contributed by atoms with Crippen molar-refractivity contribution >= 4 is 12.0 Å². The van der Waals surface area contributed by atoms with Gasteiger partial charge in [0.25, 0.3) is 0 Å². The summed E-state index contributed by atoms with van der Waals surface area (Å²) >= 11 is 0. The summed E-state index contributed by atoms with van der Waals surface area (Å²) in [5.41, 5.74) is 2.21. The van der Waals surface area contributed by atoms with Crippen LogP contribution in [0.1, 0.15) is 18.1 Å². The van der Waals surface area contributed by atoms with E-state index in [1.165, 1.54) is 11.6 Å². The van der Waals surface area contributed by atoms with Gasteiger partial charge in [-0.1, -0.05) is 24.3 Å². The summed E-state index contributed by atoms with van der Waals surface area (Å²) in [6.45, 7) is 3.05. The van der Waals surface area contributed by atoms with Crippen LogP contribution in [0, 0.1) is 0 Å². The van der Waals surface area contributed by atoms with Gasteiger partial charge in [0.15, 0.2) is 0 Å². The Morgan fingerprint density at radius 2 is 2.06 bits per heavy atom. The van der Waals surface area contributed by atoms with Crippen LogP contribution in [0.2, 0.25) is 0 Å². The first-order chi connectivity index (χ1) is 7.76.